The molecule has 5 heteroatoms. The number of carbonyl (C=O) groups excluding carboxylic acids is 1. The second-order valence-corrected chi connectivity index (χ2v) is 6.86. The molecule has 0 spiro atoms. The van der Waals surface area contributed by atoms with E-state index in [0.29, 0.717) is 37.7 Å². The summed E-state index contributed by atoms with van der Waals surface area (Å²) < 4.78 is 5.37. The van der Waals surface area contributed by atoms with Crippen molar-refractivity contribution in [3.8, 4) is 0 Å². The zero-order valence-corrected chi connectivity index (χ0v) is 12.7. The highest BCUT2D eigenvalue weighted by atomic mass is 16.5. The van der Waals surface area contributed by atoms with Crippen LogP contribution >= 0.6 is 0 Å². The Bertz CT molecular complexity index is 471. The van der Waals surface area contributed by atoms with Crippen LogP contribution in [-0.4, -0.2) is 33.9 Å². The van der Waals surface area contributed by atoms with Crippen LogP contribution in [0.2, 0.25) is 0 Å². The van der Waals surface area contributed by atoms with E-state index in [2.05, 4.69) is 6.58 Å². The molecule has 2 fully saturated rings. The van der Waals surface area contributed by atoms with E-state index in [1.54, 1.807) is 6.92 Å². The molecule has 2 rings (SSSR count). The monoisotopic (exact) mass is 296 g/mol. The molecule has 0 aromatic heterocycles. The highest BCUT2D eigenvalue weighted by molar-refractivity contribution is 5.87. The fourth-order valence-electron chi connectivity index (χ4n) is 4.06. The number of carboxylic acid groups (broad SMARTS) is 1. The van der Waals surface area contributed by atoms with E-state index < -0.39 is 23.0 Å². The second kappa shape index (κ2) is 5.44. The van der Waals surface area contributed by atoms with Crippen LogP contribution < -0.4 is 0 Å². The van der Waals surface area contributed by atoms with Crippen molar-refractivity contribution in [2.75, 3.05) is 0 Å². The Morgan fingerprint density at radius 2 is 2.00 bits per heavy atom. The smallest absolute Gasteiger partial charge is 0.333 e. The lowest BCUT2D eigenvalue weighted by molar-refractivity contribution is -0.180. The molecule has 0 heterocycles. The number of rotatable bonds is 4. The topological polar surface area (TPSA) is 83.8 Å². The van der Waals surface area contributed by atoms with Crippen molar-refractivity contribution in [2.24, 2.45) is 11.3 Å². The molecule has 2 bridgehead atoms. The van der Waals surface area contributed by atoms with Crippen molar-refractivity contribution in [3.63, 3.8) is 0 Å². The Morgan fingerprint density at radius 1 is 1.33 bits per heavy atom. The lowest BCUT2D eigenvalue weighted by Crippen LogP contribution is -2.53. The van der Waals surface area contributed by atoms with Crippen LogP contribution in [0.3, 0.4) is 0 Å². The third-order valence-corrected chi connectivity index (χ3v) is 4.97. The summed E-state index contributed by atoms with van der Waals surface area (Å²) in [5.41, 5.74) is -1.55. The summed E-state index contributed by atoms with van der Waals surface area (Å²) in [6.07, 6.45) is 2.49. The van der Waals surface area contributed by atoms with Crippen LogP contribution in [0.1, 0.15) is 52.4 Å². The minimum Gasteiger partial charge on any atom is -0.481 e. The summed E-state index contributed by atoms with van der Waals surface area (Å²) in [6, 6.07) is 0. The van der Waals surface area contributed by atoms with Crippen LogP contribution in [-0.2, 0) is 14.3 Å². The molecule has 118 valence electrons. The van der Waals surface area contributed by atoms with Crippen molar-refractivity contribution in [3.05, 3.63) is 12.2 Å². The molecule has 2 saturated carbocycles. The summed E-state index contributed by atoms with van der Waals surface area (Å²) in [5.74, 6) is -1.19. The van der Waals surface area contributed by atoms with Crippen LogP contribution in [0.15, 0.2) is 12.2 Å². The van der Waals surface area contributed by atoms with Crippen LogP contribution in [0.25, 0.3) is 0 Å². The van der Waals surface area contributed by atoms with Gasteiger partial charge in [0.1, 0.15) is 6.10 Å². The number of aliphatic carboxylic acids is 1. The molecule has 4 atom stereocenters. The largest absolute Gasteiger partial charge is 0.481 e. The molecule has 0 aromatic carbocycles. The summed E-state index contributed by atoms with van der Waals surface area (Å²) in [6.45, 7) is 7.00. The molecule has 0 saturated heterocycles. The predicted octanol–water partition coefficient (Wildman–Crippen LogP) is 2.28. The summed E-state index contributed by atoms with van der Waals surface area (Å²) in [7, 11) is 0. The number of fused-ring (bicyclic) bond motifs is 2. The van der Waals surface area contributed by atoms with E-state index in [1.165, 1.54) is 0 Å². The maximum absolute atomic E-state index is 11.6. The van der Waals surface area contributed by atoms with E-state index in [-0.39, 0.29) is 18.4 Å². The Balaban J connectivity index is 2.13. The third-order valence-electron chi connectivity index (χ3n) is 4.97. The summed E-state index contributed by atoms with van der Waals surface area (Å²) >= 11 is 0. The number of carbonyl (C=O) groups is 2. The van der Waals surface area contributed by atoms with Gasteiger partial charge in [-0.1, -0.05) is 13.5 Å². The van der Waals surface area contributed by atoms with Crippen LogP contribution in [0, 0.1) is 11.3 Å². The number of aliphatic hydroxyl groups is 1. The van der Waals surface area contributed by atoms with Gasteiger partial charge in [0.05, 0.1) is 11.0 Å². The standard InChI is InChI=1S/C16H24O5/c1-4-15(14(18)19)6-11-5-12(21-13(17)10(2)3)8-16(20,7-11)9-15/h11-12,20H,2,4-9H2,1,3H3,(H,18,19). The third kappa shape index (κ3) is 3.12. The van der Waals surface area contributed by atoms with E-state index in [9.17, 15) is 19.8 Å². The molecule has 2 N–H and O–H groups in total. The molecule has 21 heavy (non-hydrogen) atoms. The van der Waals surface area contributed by atoms with Crippen molar-refractivity contribution >= 4 is 11.9 Å². The maximum atomic E-state index is 11.6. The first-order valence-electron chi connectivity index (χ1n) is 7.52. The summed E-state index contributed by atoms with van der Waals surface area (Å²) in [5, 5.41) is 20.3. The number of ether oxygens (including phenoxy) is 1. The minimum atomic E-state index is -1.05. The van der Waals surface area contributed by atoms with Gasteiger partial charge < -0.3 is 14.9 Å². The SMILES string of the molecule is C=C(C)C(=O)OC1CC2CC(O)(C1)CC(CC)(C(=O)O)C2. The number of carboxylic acids is 1. The van der Waals surface area contributed by atoms with Gasteiger partial charge in [-0.05, 0) is 44.9 Å². The highest BCUT2D eigenvalue weighted by Gasteiger charge is 2.54. The Labute approximate surface area is 125 Å². The number of hydrogen-bond donors (Lipinski definition) is 2. The molecule has 2 aliphatic rings. The Kier molecular flexibility index (Phi) is 4.15. The average Bonchev–Trinajstić information content (AvgIpc) is 2.35. The molecule has 0 aromatic rings. The zero-order chi connectivity index (χ0) is 15.8. The first-order valence-corrected chi connectivity index (χ1v) is 7.52. The molecular formula is C16H24O5. The van der Waals surface area contributed by atoms with Gasteiger partial charge in [-0.3, -0.25) is 4.79 Å². The predicted molar refractivity (Wildman–Crippen MR) is 76.6 cm³/mol. The van der Waals surface area contributed by atoms with Gasteiger partial charge in [-0.15, -0.1) is 0 Å². The molecule has 0 amide bonds. The quantitative estimate of drug-likeness (QED) is 0.614. The van der Waals surface area contributed by atoms with Gasteiger partial charge in [0.25, 0.3) is 0 Å². The van der Waals surface area contributed by atoms with Crippen molar-refractivity contribution in [2.45, 2.75) is 64.1 Å². The number of hydrogen-bond acceptors (Lipinski definition) is 4. The zero-order valence-electron chi connectivity index (χ0n) is 12.7. The number of esters is 1. The first kappa shape index (κ1) is 16.0. The highest BCUT2D eigenvalue weighted by Crippen LogP contribution is 2.53. The van der Waals surface area contributed by atoms with Crippen molar-refractivity contribution < 1.29 is 24.5 Å². The van der Waals surface area contributed by atoms with Crippen molar-refractivity contribution in [1.82, 2.24) is 0 Å². The molecule has 4 unspecified atom stereocenters. The summed E-state index contributed by atoms with van der Waals surface area (Å²) in [4.78, 5) is 23.3. The van der Waals surface area contributed by atoms with E-state index in [0.717, 1.165) is 0 Å². The Morgan fingerprint density at radius 3 is 2.48 bits per heavy atom. The fourth-order valence-corrected chi connectivity index (χ4v) is 4.06. The van der Waals surface area contributed by atoms with Gasteiger partial charge in [0, 0.05) is 12.0 Å². The van der Waals surface area contributed by atoms with Gasteiger partial charge in [0.2, 0.25) is 0 Å². The van der Waals surface area contributed by atoms with E-state index in [4.69, 9.17) is 4.74 Å². The van der Waals surface area contributed by atoms with Crippen LogP contribution in [0.5, 0.6) is 0 Å². The van der Waals surface area contributed by atoms with Gasteiger partial charge in [-0.2, -0.15) is 0 Å². The first-order chi connectivity index (χ1) is 9.69. The van der Waals surface area contributed by atoms with E-state index in [1.807, 2.05) is 6.92 Å². The maximum Gasteiger partial charge on any atom is 0.333 e. The second-order valence-electron chi connectivity index (χ2n) is 6.86. The van der Waals surface area contributed by atoms with Crippen molar-refractivity contribution in [1.29, 1.82) is 0 Å². The molecule has 5 nitrogen and oxygen atoms in total. The van der Waals surface area contributed by atoms with Gasteiger partial charge in [0.15, 0.2) is 0 Å². The average molecular weight is 296 g/mol. The normalized spacial score (nSPS) is 38.6. The minimum absolute atomic E-state index is 0.0801. The van der Waals surface area contributed by atoms with Gasteiger partial charge in [-0.25, -0.2) is 4.79 Å². The molecule has 0 radical (unpaired) electrons. The Hall–Kier alpha value is -1.36. The lowest BCUT2D eigenvalue weighted by Gasteiger charge is -2.51. The van der Waals surface area contributed by atoms with E-state index >= 15 is 0 Å². The fraction of sp³-hybridized carbons (Fsp3) is 0.750. The molecular weight excluding hydrogens is 272 g/mol. The van der Waals surface area contributed by atoms with Crippen LogP contribution in [0.4, 0.5) is 0 Å². The molecule has 2 aliphatic carbocycles. The lowest BCUT2D eigenvalue weighted by atomic mass is 9.57. The molecule has 0 aliphatic heterocycles. The van der Waals surface area contributed by atoms with Gasteiger partial charge >= 0.3 is 11.9 Å².